The van der Waals surface area contributed by atoms with Crippen molar-refractivity contribution in [3.63, 3.8) is 0 Å². The van der Waals surface area contributed by atoms with Gasteiger partial charge in [0.2, 0.25) is 0 Å². The Hall–Kier alpha value is -2.14. The Morgan fingerprint density at radius 1 is 1.41 bits per heavy atom. The average Bonchev–Trinajstić information content (AvgIpc) is 2.89. The highest BCUT2D eigenvalue weighted by molar-refractivity contribution is 5.92. The summed E-state index contributed by atoms with van der Waals surface area (Å²) in [7, 11) is 0. The third-order valence-corrected chi connectivity index (χ3v) is 2.39. The lowest BCUT2D eigenvalue weighted by molar-refractivity contribution is 0.0945. The Balaban J connectivity index is 1.95. The summed E-state index contributed by atoms with van der Waals surface area (Å²) in [5.74, 6) is -0.192. The predicted octanol–water partition coefficient (Wildman–Crippen LogP) is 0.798. The number of nitrogens with two attached hydrogens (primary N) is 1. The van der Waals surface area contributed by atoms with Gasteiger partial charge in [-0.15, -0.1) is 0 Å². The van der Waals surface area contributed by atoms with Crippen LogP contribution in [0.1, 0.15) is 21.7 Å². The summed E-state index contributed by atoms with van der Waals surface area (Å²) in [6, 6.07) is 7.27. The number of hydrogen-bond acceptors (Lipinski definition) is 3. The minimum Gasteiger partial charge on any atom is -0.364 e. The van der Waals surface area contributed by atoms with Gasteiger partial charge in [0.15, 0.2) is 0 Å². The van der Waals surface area contributed by atoms with E-state index in [0.29, 0.717) is 18.8 Å². The molecular weight excluding hydrogens is 216 g/mol. The summed E-state index contributed by atoms with van der Waals surface area (Å²) in [6.07, 6.45) is 3.43. The van der Waals surface area contributed by atoms with Gasteiger partial charge in [-0.25, -0.2) is 0 Å². The van der Waals surface area contributed by atoms with E-state index in [1.165, 1.54) is 0 Å². The first-order chi connectivity index (χ1) is 8.29. The Morgan fingerprint density at radius 2 is 2.29 bits per heavy atom. The highest BCUT2D eigenvalue weighted by Crippen LogP contribution is 2.00. The quantitative estimate of drug-likeness (QED) is 0.726. The number of carbonyl (C=O) groups excluding carboxylic acids is 1. The number of H-pyrrole nitrogens is 1. The number of nitrogens with one attached hydrogen (secondary N) is 2. The van der Waals surface area contributed by atoms with E-state index in [4.69, 9.17) is 5.73 Å². The molecule has 0 aliphatic heterocycles. The van der Waals surface area contributed by atoms with Crippen LogP contribution in [-0.2, 0) is 13.1 Å². The first kappa shape index (κ1) is 11.3. The Morgan fingerprint density at radius 3 is 2.88 bits per heavy atom. The van der Waals surface area contributed by atoms with Crippen molar-refractivity contribution in [2.24, 2.45) is 5.73 Å². The first-order valence-corrected chi connectivity index (χ1v) is 5.35. The fraction of sp³-hybridized carbons (Fsp3) is 0.167. The van der Waals surface area contributed by atoms with Crippen LogP contribution in [0.4, 0.5) is 0 Å². The van der Waals surface area contributed by atoms with E-state index in [-0.39, 0.29) is 5.91 Å². The summed E-state index contributed by atoms with van der Waals surface area (Å²) in [4.78, 5) is 18.8. The highest BCUT2D eigenvalue weighted by atomic mass is 16.1. The van der Waals surface area contributed by atoms with Gasteiger partial charge in [0.25, 0.3) is 5.91 Å². The maximum atomic E-state index is 11.7. The molecule has 0 radical (unpaired) electrons. The maximum Gasteiger partial charge on any atom is 0.270 e. The lowest BCUT2D eigenvalue weighted by Crippen LogP contribution is -2.24. The first-order valence-electron chi connectivity index (χ1n) is 5.35. The molecule has 0 aliphatic carbocycles. The predicted molar refractivity (Wildman–Crippen MR) is 64.1 cm³/mol. The normalized spacial score (nSPS) is 10.2. The zero-order chi connectivity index (χ0) is 12.1. The van der Waals surface area contributed by atoms with E-state index in [2.05, 4.69) is 15.3 Å². The van der Waals surface area contributed by atoms with Crippen LogP contribution in [0.3, 0.4) is 0 Å². The smallest absolute Gasteiger partial charge is 0.270 e. The topological polar surface area (TPSA) is 83.8 Å². The zero-order valence-corrected chi connectivity index (χ0v) is 9.31. The van der Waals surface area contributed by atoms with Gasteiger partial charge in [0.05, 0.1) is 6.54 Å². The zero-order valence-electron chi connectivity index (χ0n) is 9.31. The number of pyridine rings is 1. The molecule has 17 heavy (non-hydrogen) atoms. The Bertz CT molecular complexity index is 476. The van der Waals surface area contributed by atoms with Crippen molar-refractivity contribution in [1.29, 1.82) is 0 Å². The molecule has 0 fully saturated rings. The van der Waals surface area contributed by atoms with Gasteiger partial charge in [-0.3, -0.25) is 9.78 Å². The number of aromatic nitrogens is 2. The number of aromatic amines is 1. The number of amides is 1. The van der Waals surface area contributed by atoms with Gasteiger partial charge in [-0.05, 0) is 23.8 Å². The van der Waals surface area contributed by atoms with Crippen LogP contribution >= 0.6 is 0 Å². The molecule has 0 unspecified atom stereocenters. The molecule has 0 aromatic carbocycles. The van der Waals surface area contributed by atoms with E-state index in [1.807, 2.05) is 18.3 Å². The van der Waals surface area contributed by atoms with E-state index < -0.39 is 0 Å². The molecule has 2 aromatic heterocycles. The molecule has 0 bridgehead atoms. The fourth-order valence-electron chi connectivity index (χ4n) is 1.42. The summed E-state index contributed by atoms with van der Waals surface area (Å²) in [5.41, 5.74) is 7.71. The Labute approximate surface area is 99.1 Å². The van der Waals surface area contributed by atoms with Crippen molar-refractivity contribution in [1.82, 2.24) is 15.3 Å². The molecule has 0 aliphatic rings. The van der Waals surface area contributed by atoms with Gasteiger partial charge in [-0.1, -0.05) is 6.07 Å². The molecule has 5 nitrogen and oxygen atoms in total. The SMILES string of the molecule is NCc1ccc(C(=O)NCc2ccc[nH]2)nc1. The van der Waals surface area contributed by atoms with Crippen molar-refractivity contribution in [2.45, 2.75) is 13.1 Å². The van der Waals surface area contributed by atoms with Crippen molar-refractivity contribution < 1.29 is 4.79 Å². The largest absolute Gasteiger partial charge is 0.364 e. The van der Waals surface area contributed by atoms with Gasteiger partial charge < -0.3 is 16.0 Å². The second kappa shape index (κ2) is 5.27. The number of rotatable bonds is 4. The summed E-state index contributed by atoms with van der Waals surface area (Å²) in [5, 5.41) is 2.77. The lowest BCUT2D eigenvalue weighted by Gasteiger charge is -2.03. The summed E-state index contributed by atoms with van der Waals surface area (Å²) < 4.78 is 0. The molecule has 2 rings (SSSR count). The van der Waals surface area contributed by atoms with Crippen molar-refractivity contribution >= 4 is 5.91 Å². The van der Waals surface area contributed by atoms with Crippen LogP contribution in [0.15, 0.2) is 36.7 Å². The minimum absolute atomic E-state index is 0.192. The highest BCUT2D eigenvalue weighted by Gasteiger charge is 2.06. The fourth-order valence-corrected chi connectivity index (χ4v) is 1.42. The number of carbonyl (C=O) groups is 1. The molecule has 5 heteroatoms. The third-order valence-electron chi connectivity index (χ3n) is 2.39. The summed E-state index contributed by atoms with van der Waals surface area (Å²) in [6.45, 7) is 0.892. The van der Waals surface area contributed by atoms with Crippen LogP contribution in [0, 0.1) is 0 Å². The lowest BCUT2D eigenvalue weighted by atomic mass is 10.2. The molecule has 4 N–H and O–H groups in total. The van der Waals surface area contributed by atoms with Crippen LogP contribution in [0.25, 0.3) is 0 Å². The molecule has 88 valence electrons. The van der Waals surface area contributed by atoms with Crippen LogP contribution in [0.5, 0.6) is 0 Å². The van der Waals surface area contributed by atoms with E-state index in [0.717, 1.165) is 11.3 Å². The molecule has 0 saturated heterocycles. The minimum atomic E-state index is -0.192. The molecule has 2 heterocycles. The number of nitrogens with zero attached hydrogens (tertiary/aromatic N) is 1. The molecule has 0 spiro atoms. The van der Waals surface area contributed by atoms with Gasteiger partial charge in [-0.2, -0.15) is 0 Å². The van der Waals surface area contributed by atoms with Gasteiger partial charge in [0.1, 0.15) is 5.69 Å². The summed E-state index contributed by atoms with van der Waals surface area (Å²) >= 11 is 0. The van der Waals surface area contributed by atoms with Crippen molar-refractivity contribution in [2.75, 3.05) is 0 Å². The molecule has 1 amide bonds. The Kier molecular flexibility index (Phi) is 3.52. The molecule has 2 aromatic rings. The monoisotopic (exact) mass is 230 g/mol. The maximum absolute atomic E-state index is 11.7. The number of hydrogen-bond donors (Lipinski definition) is 3. The van der Waals surface area contributed by atoms with Gasteiger partial charge in [0, 0.05) is 24.6 Å². The molecule has 0 atom stereocenters. The van der Waals surface area contributed by atoms with E-state index in [1.54, 1.807) is 18.3 Å². The van der Waals surface area contributed by atoms with Crippen molar-refractivity contribution in [3.05, 3.63) is 53.6 Å². The second-order valence-corrected chi connectivity index (χ2v) is 3.63. The average molecular weight is 230 g/mol. The van der Waals surface area contributed by atoms with Gasteiger partial charge >= 0.3 is 0 Å². The molecular formula is C12H14N4O. The van der Waals surface area contributed by atoms with Crippen LogP contribution < -0.4 is 11.1 Å². The van der Waals surface area contributed by atoms with Crippen molar-refractivity contribution in [3.8, 4) is 0 Å². The second-order valence-electron chi connectivity index (χ2n) is 3.63. The van der Waals surface area contributed by atoms with Crippen LogP contribution in [0.2, 0.25) is 0 Å². The van der Waals surface area contributed by atoms with E-state index in [9.17, 15) is 4.79 Å². The molecule has 0 saturated carbocycles. The van der Waals surface area contributed by atoms with E-state index >= 15 is 0 Å². The third kappa shape index (κ3) is 2.92. The van der Waals surface area contributed by atoms with Crippen LogP contribution in [-0.4, -0.2) is 15.9 Å². The standard InChI is InChI=1S/C12H14N4O/c13-6-9-3-4-11(15-7-9)12(17)16-8-10-2-1-5-14-10/h1-5,7,14H,6,8,13H2,(H,16,17).